The molecule has 0 spiro atoms. The molecule has 12 nitrogen and oxygen atoms in total. The van der Waals surface area contributed by atoms with Gasteiger partial charge < -0.3 is 32.5 Å². The van der Waals surface area contributed by atoms with Crippen LogP contribution in [0.25, 0.3) is 0 Å². The largest absolute Gasteiger partial charge is 0.480 e. The molecule has 0 aliphatic carbocycles. The van der Waals surface area contributed by atoms with Crippen LogP contribution in [0.3, 0.4) is 0 Å². The average Bonchev–Trinajstić information content (AvgIpc) is 2.72. The molecule has 2 aromatic rings. The summed E-state index contributed by atoms with van der Waals surface area (Å²) in [6, 6.07) is 5.37. The molecule has 12 heteroatoms. The zero-order chi connectivity index (χ0) is 23.8. The monoisotopic (exact) mass is 445 g/mol. The van der Waals surface area contributed by atoms with Gasteiger partial charge in [0.15, 0.2) is 0 Å². The summed E-state index contributed by atoms with van der Waals surface area (Å²) in [5.41, 5.74) is 17.4. The second-order valence-corrected chi connectivity index (χ2v) is 7.26. The van der Waals surface area contributed by atoms with Crippen molar-refractivity contribution in [1.82, 2.24) is 15.3 Å². The minimum Gasteiger partial charge on any atom is -0.480 e. The summed E-state index contributed by atoms with van der Waals surface area (Å²) < 4.78 is 0. The minimum atomic E-state index is -1.24. The van der Waals surface area contributed by atoms with Crippen molar-refractivity contribution in [3.63, 3.8) is 0 Å². The van der Waals surface area contributed by atoms with E-state index in [-0.39, 0.29) is 35.7 Å². The van der Waals surface area contributed by atoms with Crippen molar-refractivity contribution in [3.05, 3.63) is 45.7 Å². The highest BCUT2D eigenvalue weighted by atomic mass is 16.4. The van der Waals surface area contributed by atoms with Crippen molar-refractivity contribution < 1.29 is 19.5 Å². The Morgan fingerprint density at radius 2 is 1.88 bits per heavy atom. The van der Waals surface area contributed by atoms with Crippen molar-refractivity contribution in [2.75, 3.05) is 30.0 Å². The maximum Gasteiger partial charge on any atom is 0.326 e. The average molecular weight is 445 g/mol. The number of aliphatic carboxylic acids is 1. The maximum atomic E-state index is 12.3. The summed E-state index contributed by atoms with van der Waals surface area (Å²) in [5, 5.41) is 11.6. The lowest BCUT2D eigenvalue weighted by Crippen LogP contribution is -2.41. The molecule has 0 fully saturated rings. The zero-order valence-electron chi connectivity index (χ0n) is 17.6. The van der Waals surface area contributed by atoms with Crippen molar-refractivity contribution in [2.24, 2.45) is 5.73 Å². The number of anilines is 3. The number of nitrogens with one attached hydrogen (secondary N) is 2. The van der Waals surface area contributed by atoms with Crippen LogP contribution in [0.15, 0.2) is 29.1 Å². The lowest BCUT2D eigenvalue weighted by Gasteiger charge is -2.20. The van der Waals surface area contributed by atoms with Gasteiger partial charge in [0.2, 0.25) is 11.9 Å². The molecule has 2 amide bonds. The summed E-state index contributed by atoms with van der Waals surface area (Å²) >= 11 is 0. The number of carboxylic acid groups (broad SMARTS) is 1. The first-order valence-corrected chi connectivity index (χ1v) is 9.85. The molecule has 0 unspecified atom stereocenters. The Bertz CT molecular complexity index is 1040. The number of nitrogen functional groups attached to an aromatic ring is 2. The first-order chi connectivity index (χ1) is 15.1. The number of carbonyl (C=O) groups is 3. The highest BCUT2D eigenvalue weighted by molar-refractivity contribution is 5.97. The summed E-state index contributed by atoms with van der Waals surface area (Å²) in [7, 11) is 1.86. The van der Waals surface area contributed by atoms with Crippen LogP contribution in [-0.4, -0.2) is 52.5 Å². The zero-order valence-corrected chi connectivity index (χ0v) is 17.6. The number of aromatic amines is 1. The van der Waals surface area contributed by atoms with Crippen molar-refractivity contribution >= 4 is 35.2 Å². The smallest absolute Gasteiger partial charge is 0.326 e. The number of amides is 2. The van der Waals surface area contributed by atoms with E-state index >= 15 is 0 Å². The number of benzene rings is 1. The number of carbonyl (C=O) groups excluding carboxylic acids is 2. The molecule has 2 rings (SSSR count). The summed E-state index contributed by atoms with van der Waals surface area (Å²) in [5.74, 6) is -2.37. The van der Waals surface area contributed by atoms with E-state index in [9.17, 15) is 24.3 Å². The van der Waals surface area contributed by atoms with Gasteiger partial charge in [0.1, 0.15) is 11.9 Å². The van der Waals surface area contributed by atoms with Gasteiger partial charge in [-0.25, -0.2) is 4.79 Å². The van der Waals surface area contributed by atoms with Crippen LogP contribution in [0.5, 0.6) is 0 Å². The number of rotatable bonds is 11. The Kier molecular flexibility index (Phi) is 8.16. The molecule has 0 bridgehead atoms. The Labute approximate surface area is 183 Å². The number of nitrogens with two attached hydrogens (primary N) is 3. The summed E-state index contributed by atoms with van der Waals surface area (Å²) in [6.07, 6.45) is 0.804. The highest BCUT2D eigenvalue weighted by Crippen LogP contribution is 2.15. The number of H-pyrrole nitrogens is 1. The van der Waals surface area contributed by atoms with E-state index in [0.717, 1.165) is 5.69 Å². The topological polar surface area (TPSA) is 211 Å². The molecule has 0 aliphatic rings. The van der Waals surface area contributed by atoms with Crippen LogP contribution in [0.1, 0.15) is 35.2 Å². The normalized spacial score (nSPS) is 11.5. The molecular weight excluding hydrogens is 418 g/mol. The maximum absolute atomic E-state index is 12.3. The third-order valence-electron chi connectivity index (χ3n) is 4.84. The van der Waals surface area contributed by atoms with Crippen LogP contribution in [0.2, 0.25) is 0 Å². The van der Waals surface area contributed by atoms with Gasteiger partial charge in [-0.1, -0.05) is 0 Å². The third-order valence-corrected chi connectivity index (χ3v) is 4.84. The second-order valence-electron chi connectivity index (χ2n) is 7.26. The fraction of sp³-hybridized carbons (Fsp3) is 0.350. The molecule has 0 saturated carbocycles. The van der Waals surface area contributed by atoms with Crippen molar-refractivity contribution in [2.45, 2.75) is 31.7 Å². The number of nitrogens with zero attached hydrogens (tertiary/aromatic N) is 2. The third kappa shape index (κ3) is 6.72. The van der Waals surface area contributed by atoms with E-state index < -0.39 is 23.8 Å². The minimum absolute atomic E-state index is 0.0277. The van der Waals surface area contributed by atoms with E-state index in [1.807, 2.05) is 11.9 Å². The van der Waals surface area contributed by atoms with Gasteiger partial charge in [-0.3, -0.25) is 19.4 Å². The summed E-state index contributed by atoms with van der Waals surface area (Å²) in [6.45, 7) is 0.600. The molecule has 0 radical (unpaired) electrons. The quantitative estimate of drug-likeness (QED) is 0.261. The van der Waals surface area contributed by atoms with Crippen LogP contribution in [0, 0.1) is 0 Å². The molecule has 1 aromatic heterocycles. The van der Waals surface area contributed by atoms with Crippen LogP contribution >= 0.6 is 0 Å². The molecular formula is C20H27N7O5. The van der Waals surface area contributed by atoms with Crippen LogP contribution < -0.4 is 33.0 Å². The Morgan fingerprint density at radius 3 is 2.44 bits per heavy atom. The van der Waals surface area contributed by atoms with Crippen LogP contribution in [0.4, 0.5) is 17.5 Å². The van der Waals surface area contributed by atoms with E-state index in [2.05, 4.69) is 15.3 Å². The number of hydrogen-bond acceptors (Lipinski definition) is 8. The molecule has 0 saturated heterocycles. The highest BCUT2D eigenvalue weighted by Gasteiger charge is 2.21. The predicted molar refractivity (Wildman–Crippen MR) is 119 cm³/mol. The first kappa shape index (κ1) is 24.2. The van der Waals surface area contributed by atoms with Gasteiger partial charge in [-0.05, 0) is 43.5 Å². The Balaban J connectivity index is 1.93. The SMILES string of the molecule is CN(CCCc1c(N)nc(N)[nH]c1=O)c1ccc(C(=O)N[C@@H](CCC(N)=O)C(=O)O)cc1. The second kappa shape index (κ2) is 10.8. The van der Waals surface area contributed by atoms with Gasteiger partial charge in [-0.15, -0.1) is 0 Å². The van der Waals surface area contributed by atoms with Gasteiger partial charge in [0.05, 0.1) is 5.56 Å². The van der Waals surface area contributed by atoms with Gasteiger partial charge in [0.25, 0.3) is 11.5 Å². The molecule has 0 aliphatic heterocycles. The van der Waals surface area contributed by atoms with Gasteiger partial charge >= 0.3 is 5.97 Å². The predicted octanol–water partition coefficient (Wildman–Crippen LogP) is -0.548. The Hall–Kier alpha value is -4.09. The fourth-order valence-corrected chi connectivity index (χ4v) is 3.05. The number of hydrogen-bond donors (Lipinski definition) is 6. The molecule has 9 N–H and O–H groups in total. The lowest BCUT2D eigenvalue weighted by atomic mass is 10.1. The summed E-state index contributed by atoms with van der Waals surface area (Å²) in [4.78, 5) is 54.6. The van der Waals surface area contributed by atoms with E-state index in [1.165, 1.54) is 0 Å². The van der Waals surface area contributed by atoms with Crippen molar-refractivity contribution in [1.29, 1.82) is 0 Å². The number of primary amides is 1. The van der Waals surface area contributed by atoms with E-state index in [0.29, 0.717) is 24.9 Å². The van der Waals surface area contributed by atoms with Crippen molar-refractivity contribution in [3.8, 4) is 0 Å². The molecule has 1 heterocycles. The standard InChI is InChI=1S/C20H27N7O5/c1-27(10-2-3-13-16(22)25-20(23)26-18(13)30)12-6-4-11(5-7-12)17(29)24-14(19(31)32)8-9-15(21)28/h4-7,14H,2-3,8-10H2,1H3,(H2,21,28)(H,24,29)(H,31,32)(H5,22,23,25,26,30)/t14-/m0/s1. The fourth-order valence-electron chi connectivity index (χ4n) is 3.05. The van der Waals surface area contributed by atoms with E-state index in [1.54, 1.807) is 24.3 Å². The number of aromatic nitrogens is 2. The van der Waals surface area contributed by atoms with Gasteiger partial charge in [-0.2, -0.15) is 4.98 Å². The van der Waals surface area contributed by atoms with E-state index in [4.69, 9.17) is 17.2 Å². The molecule has 1 aromatic carbocycles. The molecule has 172 valence electrons. The van der Waals surface area contributed by atoms with Gasteiger partial charge in [0, 0.05) is 31.3 Å². The first-order valence-electron chi connectivity index (χ1n) is 9.85. The molecule has 1 atom stereocenters. The lowest BCUT2D eigenvalue weighted by molar-refractivity contribution is -0.139. The molecule has 32 heavy (non-hydrogen) atoms. The number of carboxylic acids is 1. The van der Waals surface area contributed by atoms with Crippen LogP contribution in [-0.2, 0) is 16.0 Å². The Morgan fingerprint density at radius 1 is 1.22 bits per heavy atom.